The molecule has 4 aliphatic rings. The third kappa shape index (κ3) is 5.02. The molecule has 3 atom stereocenters. The predicted octanol–water partition coefficient (Wildman–Crippen LogP) is 4.26. The van der Waals surface area contributed by atoms with Gasteiger partial charge < -0.3 is 9.64 Å². The van der Waals surface area contributed by atoms with Gasteiger partial charge in [-0.2, -0.15) is 13.2 Å². The van der Waals surface area contributed by atoms with Gasteiger partial charge in [0, 0.05) is 43.6 Å². The quantitative estimate of drug-likeness (QED) is 0.573. The number of rotatable bonds is 5. The number of benzene rings is 2. The second-order valence-corrected chi connectivity index (χ2v) is 11.0. The molecule has 206 valence electrons. The van der Waals surface area contributed by atoms with Gasteiger partial charge in [-0.1, -0.05) is 18.6 Å². The smallest absolute Gasteiger partial charge is 0.416 e. The lowest BCUT2D eigenvalue weighted by Gasteiger charge is -2.48. The van der Waals surface area contributed by atoms with Gasteiger partial charge in [0.15, 0.2) is 0 Å². The minimum absolute atomic E-state index is 0.0197. The predicted molar refractivity (Wildman–Crippen MR) is 135 cm³/mol. The number of likely N-dealkylation sites (tertiary alicyclic amines) is 1. The van der Waals surface area contributed by atoms with E-state index in [1.165, 1.54) is 4.90 Å². The number of hydrogen-bond donors (Lipinski definition) is 1. The van der Waals surface area contributed by atoms with Gasteiger partial charge in [0.25, 0.3) is 5.91 Å². The molecule has 0 aromatic heterocycles. The molecule has 0 radical (unpaired) electrons. The van der Waals surface area contributed by atoms with E-state index in [4.69, 9.17) is 4.74 Å². The first-order valence-corrected chi connectivity index (χ1v) is 13.5. The monoisotopic (exact) mass is 541 g/mol. The van der Waals surface area contributed by atoms with Crippen LogP contribution in [0.3, 0.4) is 0 Å². The summed E-state index contributed by atoms with van der Waals surface area (Å²) >= 11 is 0. The molecule has 0 bridgehead atoms. The summed E-state index contributed by atoms with van der Waals surface area (Å²) in [5.74, 6) is -0.0666. The van der Waals surface area contributed by atoms with Crippen LogP contribution in [0.1, 0.15) is 71.5 Å². The van der Waals surface area contributed by atoms with Crippen LogP contribution in [0.25, 0.3) is 0 Å². The minimum Gasteiger partial charge on any atom is -0.489 e. The molecule has 3 fully saturated rings. The molecular formula is C29H30F3N3O4. The summed E-state index contributed by atoms with van der Waals surface area (Å²) in [6, 6.07) is 10.5. The van der Waals surface area contributed by atoms with Crippen molar-refractivity contribution in [1.29, 1.82) is 0 Å². The van der Waals surface area contributed by atoms with Crippen molar-refractivity contribution >= 4 is 17.7 Å². The number of hydrogen-bond acceptors (Lipinski definition) is 5. The summed E-state index contributed by atoms with van der Waals surface area (Å²) in [6.07, 6.45) is 0.251. The maximum Gasteiger partial charge on any atom is 0.416 e. The normalized spacial score (nSPS) is 26.3. The lowest BCUT2D eigenvalue weighted by atomic mass is 9.84. The van der Waals surface area contributed by atoms with Gasteiger partial charge in [-0.15, -0.1) is 0 Å². The largest absolute Gasteiger partial charge is 0.489 e. The van der Waals surface area contributed by atoms with Gasteiger partial charge in [0.1, 0.15) is 17.9 Å². The van der Waals surface area contributed by atoms with Crippen LogP contribution in [-0.4, -0.2) is 58.8 Å². The Hall–Kier alpha value is -3.40. The van der Waals surface area contributed by atoms with E-state index in [0.29, 0.717) is 24.3 Å². The fourth-order valence-corrected chi connectivity index (χ4v) is 6.37. The highest BCUT2D eigenvalue weighted by atomic mass is 19.4. The van der Waals surface area contributed by atoms with Crippen LogP contribution in [0.2, 0.25) is 0 Å². The number of carbonyl (C=O) groups is 3. The molecule has 2 saturated heterocycles. The summed E-state index contributed by atoms with van der Waals surface area (Å²) in [6.45, 7) is 1.87. The summed E-state index contributed by atoms with van der Waals surface area (Å²) < 4.78 is 45.2. The van der Waals surface area contributed by atoms with Gasteiger partial charge in [-0.25, -0.2) is 0 Å². The van der Waals surface area contributed by atoms with Gasteiger partial charge in [-0.05, 0) is 67.1 Å². The van der Waals surface area contributed by atoms with Crippen molar-refractivity contribution in [2.45, 2.75) is 75.4 Å². The molecule has 3 amide bonds. The highest BCUT2D eigenvalue weighted by molar-refractivity contribution is 6.05. The van der Waals surface area contributed by atoms with E-state index < -0.39 is 23.7 Å². The Kier molecular flexibility index (Phi) is 6.61. The van der Waals surface area contributed by atoms with Gasteiger partial charge >= 0.3 is 6.18 Å². The number of nitrogens with one attached hydrogen (secondary N) is 1. The SMILES string of the molecule is O=C1CCC(N2Cc3cc(O[C@@H]4CCCC[C@@H]4N4CC(c5ccc(C(F)(F)F)cc5)C4)ccc3C2=O)C(=O)N1. The third-order valence-corrected chi connectivity index (χ3v) is 8.54. The van der Waals surface area contributed by atoms with E-state index in [9.17, 15) is 27.6 Å². The average Bonchev–Trinajstić information content (AvgIpc) is 3.19. The standard InChI is InChI=1S/C29H30F3N3O4/c30-29(31,32)20-7-5-17(6-8-20)19-14-34(15-19)23-3-1-2-4-25(23)39-21-9-10-22-18(13-21)16-35(28(22)38)24-11-12-26(36)33-27(24)37/h5-10,13,19,23-25H,1-4,11-12,14-16H2,(H,33,36,37)/t23-,24?,25+/m0/s1. The average molecular weight is 542 g/mol. The van der Waals surface area contributed by atoms with E-state index in [1.807, 2.05) is 6.07 Å². The molecule has 1 aliphatic carbocycles. The van der Waals surface area contributed by atoms with E-state index >= 15 is 0 Å². The van der Waals surface area contributed by atoms with Crippen LogP contribution in [0.15, 0.2) is 42.5 Å². The van der Waals surface area contributed by atoms with E-state index in [2.05, 4.69) is 10.2 Å². The molecule has 1 N–H and O–H groups in total. The number of halogens is 3. The van der Waals surface area contributed by atoms with Crippen LogP contribution in [0.4, 0.5) is 13.2 Å². The number of ether oxygens (including phenoxy) is 1. The first kappa shape index (κ1) is 25.9. The molecule has 39 heavy (non-hydrogen) atoms. The van der Waals surface area contributed by atoms with Crippen molar-refractivity contribution in [3.8, 4) is 5.75 Å². The van der Waals surface area contributed by atoms with Crippen LogP contribution >= 0.6 is 0 Å². The van der Waals surface area contributed by atoms with Crippen molar-refractivity contribution in [2.75, 3.05) is 13.1 Å². The zero-order chi connectivity index (χ0) is 27.3. The molecule has 2 aromatic rings. The number of amides is 3. The third-order valence-electron chi connectivity index (χ3n) is 8.54. The fraction of sp³-hybridized carbons (Fsp3) is 0.483. The van der Waals surface area contributed by atoms with Crippen molar-refractivity contribution < 1.29 is 32.3 Å². The number of carbonyl (C=O) groups excluding carboxylic acids is 3. The molecule has 0 spiro atoms. The van der Waals surface area contributed by atoms with Crippen LogP contribution < -0.4 is 10.1 Å². The van der Waals surface area contributed by atoms with Crippen LogP contribution in [0, 0.1) is 0 Å². The van der Waals surface area contributed by atoms with E-state index in [1.54, 1.807) is 24.3 Å². The van der Waals surface area contributed by atoms with Crippen LogP contribution in [0.5, 0.6) is 5.75 Å². The Balaban J connectivity index is 1.09. The topological polar surface area (TPSA) is 79.0 Å². The number of piperidine rings is 1. The Bertz CT molecular complexity index is 1290. The zero-order valence-corrected chi connectivity index (χ0v) is 21.4. The number of imide groups is 1. The Morgan fingerprint density at radius 2 is 1.67 bits per heavy atom. The minimum atomic E-state index is -4.33. The number of fused-ring (bicyclic) bond motifs is 1. The fourth-order valence-electron chi connectivity index (χ4n) is 6.37. The van der Waals surface area contributed by atoms with E-state index in [-0.39, 0.29) is 36.3 Å². The van der Waals surface area contributed by atoms with Gasteiger partial charge in [0.05, 0.1) is 5.56 Å². The number of nitrogens with zero attached hydrogens (tertiary/aromatic N) is 2. The molecule has 6 rings (SSSR count). The Morgan fingerprint density at radius 1 is 0.923 bits per heavy atom. The summed E-state index contributed by atoms with van der Waals surface area (Å²) in [5, 5.41) is 2.32. The molecular weight excluding hydrogens is 511 g/mol. The molecule has 3 heterocycles. The molecule has 7 nitrogen and oxygen atoms in total. The summed E-state index contributed by atoms with van der Waals surface area (Å²) in [7, 11) is 0. The zero-order valence-electron chi connectivity index (χ0n) is 21.4. The van der Waals surface area contributed by atoms with Crippen molar-refractivity contribution in [1.82, 2.24) is 15.1 Å². The summed E-state index contributed by atoms with van der Waals surface area (Å²) in [4.78, 5) is 40.7. The maximum absolute atomic E-state index is 13.0. The highest BCUT2D eigenvalue weighted by Crippen LogP contribution is 2.37. The van der Waals surface area contributed by atoms with Crippen molar-refractivity contribution in [3.63, 3.8) is 0 Å². The lowest BCUT2D eigenvalue weighted by Crippen LogP contribution is -2.57. The first-order valence-electron chi connectivity index (χ1n) is 13.5. The van der Waals surface area contributed by atoms with Crippen LogP contribution in [-0.2, 0) is 22.3 Å². The Morgan fingerprint density at radius 3 is 2.38 bits per heavy atom. The highest BCUT2D eigenvalue weighted by Gasteiger charge is 2.41. The molecule has 3 aliphatic heterocycles. The second kappa shape index (κ2) is 9.97. The maximum atomic E-state index is 13.0. The van der Waals surface area contributed by atoms with Crippen molar-refractivity contribution in [2.24, 2.45) is 0 Å². The first-order chi connectivity index (χ1) is 18.7. The van der Waals surface area contributed by atoms with Crippen molar-refractivity contribution in [3.05, 3.63) is 64.7 Å². The molecule has 1 unspecified atom stereocenters. The molecule has 1 saturated carbocycles. The molecule has 2 aromatic carbocycles. The second-order valence-electron chi connectivity index (χ2n) is 11.0. The number of alkyl halides is 3. The van der Waals surface area contributed by atoms with Gasteiger partial charge in [0.2, 0.25) is 11.8 Å². The Labute approximate surface area is 224 Å². The van der Waals surface area contributed by atoms with E-state index in [0.717, 1.165) is 62.0 Å². The molecule has 10 heteroatoms. The van der Waals surface area contributed by atoms with Gasteiger partial charge in [-0.3, -0.25) is 24.6 Å². The summed E-state index contributed by atoms with van der Waals surface area (Å²) in [5.41, 5.74) is 1.66. The lowest BCUT2D eigenvalue weighted by molar-refractivity contribution is -0.138.